The third-order valence-electron chi connectivity index (χ3n) is 4.19. The van der Waals surface area contributed by atoms with Crippen molar-refractivity contribution in [2.75, 3.05) is 0 Å². The van der Waals surface area contributed by atoms with E-state index in [1.807, 2.05) is 0 Å². The van der Waals surface area contributed by atoms with Crippen molar-refractivity contribution in [1.29, 1.82) is 0 Å². The standard InChI is InChI=1S/C19H29NO3/c1-16-11-10-13-17(15-16)12-8-6-4-2-3-5-7-9-14-18(20-23)19(21)22/h10-11,13,15,18H,2-9,12,14H2,1H3,(H,21,22). The predicted octanol–water partition coefficient (Wildman–Crippen LogP) is 5.27. The van der Waals surface area contributed by atoms with Crippen molar-refractivity contribution in [1.82, 2.24) is 0 Å². The minimum absolute atomic E-state index is 0.370. The third-order valence-corrected chi connectivity index (χ3v) is 4.19. The number of aryl methyl sites for hydroxylation is 2. The van der Waals surface area contributed by atoms with Crippen LogP contribution in [0.3, 0.4) is 0 Å². The molecule has 1 atom stereocenters. The van der Waals surface area contributed by atoms with Crippen LogP contribution in [0.5, 0.6) is 0 Å². The maximum Gasteiger partial charge on any atom is 0.332 e. The average Bonchev–Trinajstić information content (AvgIpc) is 2.52. The summed E-state index contributed by atoms with van der Waals surface area (Å²) in [5.41, 5.74) is 2.76. The molecule has 4 heteroatoms. The second-order valence-electron chi connectivity index (χ2n) is 6.32. The van der Waals surface area contributed by atoms with Gasteiger partial charge in [-0.15, -0.1) is 4.91 Å². The monoisotopic (exact) mass is 319 g/mol. The average molecular weight is 319 g/mol. The van der Waals surface area contributed by atoms with Crippen LogP contribution in [0.1, 0.15) is 68.9 Å². The minimum Gasteiger partial charge on any atom is -0.480 e. The third kappa shape index (κ3) is 9.11. The van der Waals surface area contributed by atoms with E-state index in [4.69, 9.17) is 5.11 Å². The summed E-state index contributed by atoms with van der Waals surface area (Å²) < 4.78 is 0. The largest absolute Gasteiger partial charge is 0.480 e. The summed E-state index contributed by atoms with van der Waals surface area (Å²) in [6.45, 7) is 2.13. The highest BCUT2D eigenvalue weighted by molar-refractivity contribution is 5.73. The fourth-order valence-electron chi connectivity index (χ4n) is 2.82. The van der Waals surface area contributed by atoms with Crippen molar-refractivity contribution in [2.24, 2.45) is 5.18 Å². The van der Waals surface area contributed by atoms with Gasteiger partial charge in [0.15, 0.2) is 6.04 Å². The number of hydrogen-bond donors (Lipinski definition) is 1. The molecule has 0 bridgehead atoms. The van der Waals surface area contributed by atoms with Crippen LogP contribution in [0, 0.1) is 11.8 Å². The zero-order valence-electron chi connectivity index (χ0n) is 14.2. The molecule has 1 aromatic carbocycles. The quantitative estimate of drug-likeness (QED) is 0.398. The van der Waals surface area contributed by atoms with Crippen LogP contribution >= 0.6 is 0 Å². The SMILES string of the molecule is Cc1cccc(CCCCCCCCCCC(N=O)C(=O)O)c1. The summed E-state index contributed by atoms with van der Waals surface area (Å²) in [5, 5.41) is 11.3. The van der Waals surface area contributed by atoms with E-state index >= 15 is 0 Å². The second kappa shape index (κ2) is 11.8. The number of benzene rings is 1. The molecule has 0 saturated heterocycles. The number of carboxylic acid groups (broad SMARTS) is 1. The Balaban J connectivity index is 1.92. The van der Waals surface area contributed by atoms with Crippen molar-refractivity contribution in [3.8, 4) is 0 Å². The van der Waals surface area contributed by atoms with E-state index in [1.165, 1.54) is 43.2 Å². The Hall–Kier alpha value is -1.71. The molecular weight excluding hydrogens is 290 g/mol. The molecule has 0 fully saturated rings. The molecule has 0 aliphatic heterocycles. The molecule has 0 aromatic heterocycles. The second-order valence-corrected chi connectivity index (χ2v) is 6.32. The Labute approximate surface area is 139 Å². The molecule has 1 N–H and O–H groups in total. The molecule has 0 saturated carbocycles. The molecule has 0 spiro atoms. The van der Waals surface area contributed by atoms with Crippen LogP contribution in [0.25, 0.3) is 0 Å². The van der Waals surface area contributed by atoms with Crippen molar-refractivity contribution >= 4 is 5.97 Å². The number of hydrogen-bond acceptors (Lipinski definition) is 3. The first kappa shape index (κ1) is 19.3. The van der Waals surface area contributed by atoms with E-state index in [9.17, 15) is 9.70 Å². The fraction of sp³-hybridized carbons (Fsp3) is 0.632. The Kier molecular flexibility index (Phi) is 9.92. The summed E-state index contributed by atoms with van der Waals surface area (Å²) in [7, 11) is 0. The Morgan fingerprint density at radius 1 is 1.04 bits per heavy atom. The molecule has 0 aliphatic carbocycles. The lowest BCUT2D eigenvalue weighted by molar-refractivity contribution is -0.138. The number of unbranched alkanes of at least 4 members (excludes halogenated alkanes) is 7. The van der Waals surface area contributed by atoms with Crippen molar-refractivity contribution in [3.63, 3.8) is 0 Å². The van der Waals surface area contributed by atoms with E-state index < -0.39 is 12.0 Å². The van der Waals surface area contributed by atoms with Crippen LogP contribution in [-0.2, 0) is 11.2 Å². The summed E-state index contributed by atoms with van der Waals surface area (Å²) in [6.07, 6.45) is 10.6. The number of rotatable bonds is 13. The normalized spacial score (nSPS) is 12.0. The number of carboxylic acids is 1. The first-order valence-electron chi connectivity index (χ1n) is 8.74. The molecule has 23 heavy (non-hydrogen) atoms. The molecule has 128 valence electrons. The molecule has 4 nitrogen and oxygen atoms in total. The molecule has 1 unspecified atom stereocenters. The smallest absolute Gasteiger partial charge is 0.332 e. The first-order chi connectivity index (χ1) is 11.1. The van der Waals surface area contributed by atoms with Gasteiger partial charge in [-0.05, 0) is 31.7 Å². The van der Waals surface area contributed by atoms with E-state index in [1.54, 1.807) is 0 Å². The molecule has 0 amide bonds. The lowest BCUT2D eigenvalue weighted by Crippen LogP contribution is -2.16. The van der Waals surface area contributed by atoms with Gasteiger partial charge in [-0.2, -0.15) is 0 Å². The summed E-state index contributed by atoms with van der Waals surface area (Å²) in [6, 6.07) is 7.66. The summed E-state index contributed by atoms with van der Waals surface area (Å²) in [4.78, 5) is 20.9. The van der Waals surface area contributed by atoms with Gasteiger partial charge in [-0.3, -0.25) is 0 Å². The van der Waals surface area contributed by atoms with Crippen LogP contribution in [0.15, 0.2) is 29.4 Å². The first-order valence-corrected chi connectivity index (χ1v) is 8.74. The minimum atomic E-state index is -1.10. The van der Waals surface area contributed by atoms with Gasteiger partial charge in [0.25, 0.3) is 0 Å². The molecule has 0 aliphatic rings. The van der Waals surface area contributed by atoms with Gasteiger partial charge in [0.05, 0.1) is 0 Å². The number of nitrogens with zero attached hydrogens (tertiary/aromatic N) is 1. The van der Waals surface area contributed by atoms with Gasteiger partial charge < -0.3 is 5.11 Å². The zero-order valence-corrected chi connectivity index (χ0v) is 14.2. The van der Waals surface area contributed by atoms with Crippen molar-refractivity contribution in [2.45, 2.75) is 77.2 Å². The van der Waals surface area contributed by atoms with E-state index in [0.29, 0.717) is 6.42 Å². The van der Waals surface area contributed by atoms with Gasteiger partial charge >= 0.3 is 5.97 Å². The highest BCUT2D eigenvalue weighted by Gasteiger charge is 2.16. The number of carbonyl (C=O) groups is 1. The van der Waals surface area contributed by atoms with Crippen molar-refractivity contribution in [3.05, 3.63) is 40.3 Å². The van der Waals surface area contributed by atoms with Gasteiger partial charge in [0, 0.05) is 0 Å². The highest BCUT2D eigenvalue weighted by Crippen LogP contribution is 2.13. The van der Waals surface area contributed by atoms with Gasteiger partial charge in [0.2, 0.25) is 0 Å². The zero-order chi connectivity index (χ0) is 16.9. The van der Waals surface area contributed by atoms with Crippen LogP contribution in [0.2, 0.25) is 0 Å². The topological polar surface area (TPSA) is 66.7 Å². The lowest BCUT2D eigenvalue weighted by Gasteiger charge is -2.05. The van der Waals surface area contributed by atoms with Gasteiger partial charge in [-0.25, -0.2) is 4.79 Å². The Morgan fingerprint density at radius 3 is 2.22 bits per heavy atom. The summed E-state index contributed by atoms with van der Waals surface area (Å²) >= 11 is 0. The molecule has 1 aromatic rings. The molecule has 0 radical (unpaired) electrons. The van der Waals surface area contributed by atoms with Gasteiger partial charge in [0.1, 0.15) is 0 Å². The van der Waals surface area contributed by atoms with Gasteiger partial charge in [-0.1, -0.05) is 80.0 Å². The maximum atomic E-state index is 10.6. The predicted molar refractivity (Wildman–Crippen MR) is 93.7 cm³/mol. The molecular formula is C19H29NO3. The van der Waals surface area contributed by atoms with E-state index in [-0.39, 0.29) is 0 Å². The maximum absolute atomic E-state index is 10.6. The number of aliphatic carboxylic acids is 1. The molecule has 1 rings (SSSR count). The van der Waals surface area contributed by atoms with Crippen molar-refractivity contribution < 1.29 is 9.90 Å². The highest BCUT2D eigenvalue weighted by atomic mass is 16.4. The van der Waals surface area contributed by atoms with E-state index in [0.717, 1.165) is 25.7 Å². The Morgan fingerprint density at radius 2 is 1.65 bits per heavy atom. The van der Waals surface area contributed by atoms with Crippen LogP contribution < -0.4 is 0 Å². The molecule has 0 heterocycles. The summed E-state index contributed by atoms with van der Waals surface area (Å²) in [5.74, 6) is -1.10. The van der Waals surface area contributed by atoms with Crippen LogP contribution in [0.4, 0.5) is 0 Å². The lowest BCUT2D eigenvalue weighted by atomic mass is 10.0. The number of nitroso groups, excluding NO2 is 1. The van der Waals surface area contributed by atoms with E-state index in [2.05, 4.69) is 36.4 Å². The fourth-order valence-corrected chi connectivity index (χ4v) is 2.82. The van der Waals surface area contributed by atoms with Crippen LogP contribution in [-0.4, -0.2) is 17.1 Å². The Bertz CT molecular complexity index is 473.